The standard InChI is InChI=1S/C7H10O3/c1-9-7(8)5-4-2-3-10-6(4)5/h4-6H,2-3H2,1H3/t4-,5-,6-/m1/s1. The molecule has 0 amide bonds. The van der Waals surface area contributed by atoms with Gasteiger partial charge in [0.2, 0.25) is 0 Å². The van der Waals surface area contributed by atoms with Gasteiger partial charge in [-0.05, 0) is 6.42 Å². The molecule has 0 spiro atoms. The lowest BCUT2D eigenvalue weighted by Gasteiger charge is -1.99. The van der Waals surface area contributed by atoms with E-state index >= 15 is 0 Å². The molecule has 3 heteroatoms. The monoisotopic (exact) mass is 142 g/mol. The maximum atomic E-state index is 10.9. The summed E-state index contributed by atoms with van der Waals surface area (Å²) in [5.41, 5.74) is 0. The van der Waals surface area contributed by atoms with Crippen LogP contribution in [0.25, 0.3) is 0 Å². The summed E-state index contributed by atoms with van der Waals surface area (Å²) in [7, 11) is 1.43. The molecule has 1 heterocycles. The van der Waals surface area contributed by atoms with Crippen molar-refractivity contribution in [2.45, 2.75) is 12.5 Å². The summed E-state index contributed by atoms with van der Waals surface area (Å²) < 4.78 is 9.85. The number of carbonyl (C=O) groups is 1. The highest BCUT2D eigenvalue weighted by molar-refractivity contribution is 5.77. The van der Waals surface area contributed by atoms with Crippen molar-refractivity contribution in [2.75, 3.05) is 13.7 Å². The van der Waals surface area contributed by atoms with Crippen molar-refractivity contribution in [1.82, 2.24) is 0 Å². The van der Waals surface area contributed by atoms with Gasteiger partial charge in [0.15, 0.2) is 0 Å². The zero-order chi connectivity index (χ0) is 7.14. The van der Waals surface area contributed by atoms with E-state index in [4.69, 9.17) is 4.74 Å². The Morgan fingerprint density at radius 2 is 2.50 bits per heavy atom. The Kier molecular flexibility index (Phi) is 1.20. The van der Waals surface area contributed by atoms with Crippen molar-refractivity contribution < 1.29 is 14.3 Å². The molecule has 1 aliphatic carbocycles. The molecular weight excluding hydrogens is 132 g/mol. The van der Waals surface area contributed by atoms with E-state index in [2.05, 4.69) is 4.74 Å². The van der Waals surface area contributed by atoms with Crippen molar-refractivity contribution >= 4 is 5.97 Å². The van der Waals surface area contributed by atoms with Crippen LogP contribution >= 0.6 is 0 Å². The molecule has 3 nitrogen and oxygen atoms in total. The van der Waals surface area contributed by atoms with Crippen LogP contribution in [0.5, 0.6) is 0 Å². The summed E-state index contributed by atoms with van der Waals surface area (Å²) >= 11 is 0. The van der Waals surface area contributed by atoms with E-state index in [1.54, 1.807) is 0 Å². The van der Waals surface area contributed by atoms with Crippen molar-refractivity contribution in [3.05, 3.63) is 0 Å². The van der Waals surface area contributed by atoms with Crippen LogP contribution in [-0.2, 0) is 14.3 Å². The van der Waals surface area contributed by atoms with Crippen molar-refractivity contribution in [2.24, 2.45) is 11.8 Å². The number of carbonyl (C=O) groups excluding carboxylic acids is 1. The van der Waals surface area contributed by atoms with Gasteiger partial charge in [-0.25, -0.2) is 0 Å². The third-order valence-corrected chi connectivity index (χ3v) is 2.33. The van der Waals surface area contributed by atoms with E-state index in [0.717, 1.165) is 13.0 Å². The zero-order valence-electron chi connectivity index (χ0n) is 5.87. The minimum Gasteiger partial charge on any atom is -0.469 e. The summed E-state index contributed by atoms with van der Waals surface area (Å²) in [6, 6.07) is 0. The van der Waals surface area contributed by atoms with Crippen LogP contribution in [0.2, 0.25) is 0 Å². The van der Waals surface area contributed by atoms with Crippen molar-refractivity contribution in [3.63, 3.8) is 0 Å². The lowest BCUT2D eigenvalue weighted by molar-refractivity contribution is -0.143. The second-order valence-electron chi connectivity index (χ2n) is 2.84. The molecule has 10 heavy (non-hydrogen) atoms. The Morgan fingerprint density at radius 3 is 3.00 bits per heavy atom. The Hall–Kier alpha value is -0.570. The molecule has 3 atom stereocenters. The molecule has 2 rings (SSSR count). The average molecular weight is 142 g/mol. The molecule has 0 N–H and O–H groups in total. The van der Waals surface area contributed by atoms with E-state index in [0.29, 0.717) is 5.92 Å². The van der Waals surface area contributed by atoms with Gasteiger partial charge in [-0.3, -0.25) is 4.79 Å². The fourth-order valence-corrected chi connectivity index (χ4v) is 1.70. The van der Waals surface area contributed by atoms with E-state index in [1.165, 1.54) is 7.11 Å². The van der Waals surface area contributed by atoms with Crippen LogP contribution in [0, 0.1) is 11.8 Å². The molecule has 0 aromatic rings. The third kappa shape index (κ3) is 0.669. The molecule has 2 aliphatic rings. The predicted molar refractivity (Wildman–Crippen MR) is 33.4 cm³/mol. The van der Waals surface area contributed by atoms with Gasteiger partial charge in [-0.1, -0.05) is 0 Å². The molecule has 1 saturated carbocycles. The Labute approximate surface area is 59.3 Å². The minimum absolute atomic E-state index is 0.0683. The molecule has 56 valence electrons. The summed E-state index contributed by atoms with van der Waals surface area (Å²) in [4.78, 5) is 10.9. The van der Waals surface area contributed by atoms with Gasteiger partial charge < -0.3 is 9.47 Å². The second-order valence-corrected chi connectivity index (χ2v) is 2.84. The molecular formula is C7H10O3. The highest BCUT2D eigenvalue weighted by Gasteiger charge is 2.59. The number of hydrogen-bond acceptors (Lipinski definition) is 3. The van der Waals surface area contributed by atoms with Gasteiger partial charge in [-0.2, -0.15) is 0 Å². The largest absolute Gasteiger partial charge is 0.469 e. The molecule has 1 aliphatic heterocycles. The van der Waals surface area contributed by atoms with E-state index in [1.807, 2.05) is 0 Å². The summed E-state index contributed by atoms with van der Waals surface area (Å²) in [6.45, 7) is 0.822. The van der Waals surface area contributed by atoms with Gasteiger partial charge in [0, 0.05) is 12.5 Å². The Balaban J connectivity index is 1.94. The number of ether oxygens (including phenoxy) is 2. The zero-order valence-corrected chi connectivity index (χ0v) is 5.87. The lowest BCUT2D eigenvalue weighted by atomic mass is 10.2. The van der Waals surface area contributed by atoms with Gasteiger partial charge in [0.25, 0.3) is 0 Å². The number of hydrogen-bond donors (Lipinski definition) is 0. The SMILES string of the molecule is COC(=O)[C@@H]1[C@H]2CCO[C@H]21. The fourth-order valence-electron chi connectivity index (χ4n) is 1.70. The summed E-state index contributed by atoms with van der Waals surface area (Å²) in [6.07, 6.45) is 1.23. The van der Waals surface area contributed by atoms with Crippen LogP contribution in [-0.4, -0.2) is 25.8 Å². The molecule has 2 fully saturated rings. The molecule has 0 bridgehead atoms. The maximum Gasteiger partial charge on any atom is 0.311 e. The number of methoxy groups -OCH3 is 1. The van der Waals surface area contributed by atoms with Crippen molar-refractivity contribution in [3.8, 4) is 0 Å². The molecule has 0 radical (unpaired) electrons. The van der Waals surface area contributed by atoms with Crippen LogP contribution in [0.15, 0.2) is 0 Å². The van der Waals surface area contributed by atoms with Gasteiger partial charge in [0.05, 0.1) is 19.1 Å². The quantitative estimate of drug-likeness (QED) is 0.490. The molecule has 1 saturated heterocycles. The topological polar surface area (TPSA) is 35.5 Å². The van der Waals surface area contributed by atoms with E-state index in [9.17, 15) is 4.79 Å². The Bertz CT molecular complexity index is 156. The predicted octanol–water partition coefficient (Wildman–Crippen LogP) is 0.194. The van der Waals surface area contributed by atoms with Crippen LogP contribution in [0.1, 0.15) is 6.42 Å². The first-order valence-electron chi connectivity index (χ1n) is 3.54. The normalized spacial score (nSPS) is 42.7. The third-order valence-electron chi connectivity index (χ3n) is 2.33. The van der Waals surface area contributed by atoms with Gasteiger partial charge >= 0.3 is 5.97 Å². The highest BCUT2D eigenvalue weighted by atomic mass is 16.5. The van der Waals surface area contributed by atoms with Gasteiger partial charge in [0.1, 0.15) is 0 Å². The number of esters is 1. The summed E-state index contributed by atoms with van der Waals surface area (Å²) in [5.74, 6) is 0.445. The average Bonchev–Trinajstić information content (AvgIpc) is 2.43. The fraction of sp³-hybridized carbons (Fsp3) is 0.857. The molecule has 0 unspecified atom stereocenters. The first-order chi connectivity index (χ1) is 4.84. The first kappa shape index (κ1) is 6.16. The number of fused-ring (bicyclic) bond motifs is 1. The van der Waals surface area contributed by atoms with E-state index < -0.39 is 0 Å². The summed E-state index contributed by atoms with van der Waals surface area (Å²) in [5, 5.41) is 0. The molecule has 0 aromatic carbocycles. The van der Waals surface area contributed by atoms with Crippen LogP contribution in [0.3, 0.4) is 0 Å². The first-order valence-corrected chi connectivity index (χ1v) is 3.54. The molecule has 0 aromatic heterocycles. The number of rotatable bonds is 1. The van der Waals surface area contributed by atoms with Crippen LogP contribution in [0.4, 0.5) is 0 Å². The minimum atomic E-state index is -0.102. The van der Waals surface area contributed by atoms with Crippen molar-refractivity contribution in [1.29, 1.82) is 0 Å². The second kappa shape index (κ2) is 1.95. The lowest BCUT2D eigenvalue weighted by Crippen LogP contribution is -2.10. The van der Waals surface area contributed by atoms with E-state index in [-0.39, 0.29) is 18.0 Å². The smallest absolute Gasteiger partial charge is 0.311 e. The highest BCUT2D eigenvalue weighted by Crippen LogP contribution is 2.49. The van der Waals surface area contributed by atoms with Gasteiger partial charge in [-0.15, -0.1) is 0 Å². The maximum absolute atomic E-state index is 10.9. The Morgan fingerprint density at radius 1 is 1.70 bits per heavy atom. The van der Waals surface area contributed by atoms with Crippen LogP contribution < -0.4 is 0 Å².